The van der Waals surface area contributed by atoms with Gasteiger partial charge in [-0.05, 0) is 24.6 Å². The minimum atomic E-state index is -0.206. The van der Waals surface area contributed by atoms with Crippen LogP contribution in [0.5, 0.6) is 0 Å². The Bertz CT molecular complexity index is 583. The average molecular weight is 256 g/mol. The van der Waals surface area contributed by atoms with E-state index in [2.05, 4.69) is 15.7 Å². The van der Waals surface area contributed by atoms with E-state index in [1.807, 2.05) is 31.2 Å². The van der Waals surface area contributed by atoms with Crippen LogP contribution >= 0.6 is 0 Å². The second-order valence-electron chi connectivity index (χ2n) is 4.22. The van der Waals surface area contributed by atoms with Gasteiger partial charge in [-0.15, -0.1) is 0 Å². The van der Waals surface area contributed by atoms with Crippen molar-refractivity contribution < 1.29 is 4.79 Å². The molecule has 0 atom stereocenters. The van der Waals surface area contributed by atoms with Crippen LogP contribution in [-0.4, -0.2) is 10.9 Å². The van der Waals surface area contributed by atoms with Crippen LogP contribution in [0, 0.1) is 6.92 Å². The summed E-state index contributed by atoms with van der Waals surface area (Å²) in [6.45, 7) is 2.49. The van der Waals surface area contributed by atoms with Crippen LogP contribution in [0.25, 0.3) is 0 Å². The quantitative estimate of drug-likeness (QED) is 0.573. The van der Waals surface area contributed by atoms with E-state index >= 15 is 0 Å². The van der Waals surface area contributed by atoms with E-state index in [0.717, 1.165) is 11.1 Å². The third kappa shape index (κ3) is 3.29. The number of nitrogens with two attached hydrogens (primary N) is 1. The summed E-state index contributed by atoms with van der Waals surface area (Å²) in [5.74, 6) is 5.48. The lowest BCUT2D eigenvalue weighted by atomic mass is 10.1. The maximum absolute atomic E-state index is 12.0. The fraction of sp³-hybridized carbons (Fsp3) is 0.143. The Labute approximate surface area is 111 Å². The molecular formula is C14H16N4O. The molecule has 0 aliphatic rings. The van der Waals surface area contributed by atoms with Gasteiger partial charge in [0.2, 0.25) is 0 Å². The summed E-state index contributed by atoms with van der Waals surface area (Å²) in [4.78, 5) is 16.0. The molecular weight excluding hydrogens is 240 g/mol. The third-order valence-corrected chi connectivity index (χ3v) is 2.72. The van der Waals surface area contributed by atoms with Gasteiger partial charge in [0.15, 0.2) is 5.82 Å². The molecule has 0 radical (unpaired) electrons. The number of hydrazine groups is 1. The Morgan fingerprint density at radius 3 is 2.89 bits per heavy atom. The van der Waals surface area contributed by atoms with Crippen molar-refractivity contribution in [2.24, 2.45) is 5.84 Å². The first-order valence-corrected chi connectivity index (χ1v) is 5.96. The number of carbonyl (C=O) groups is 1. The lowest BCUT2D eigenvalue weighted by Gasteiger charge is -2.09. The Kier molecular flexibility index (Phi) is 4.10. The second-order valence-corrected chi connectivity index (χ2v) is 4.22. The number of nitrogen functional groups attached to an aromatic ring is 1. The summed E-state index contributed by atoms with van der Waals surface area (Å²) in [6.07, 6.45) is 1.58. The Morgan fingerprint density at radius 1 is 1.32 bits per heavy atom. The summed E-state index contributed by atoms with van der Waals surface area (Å²) >= 11 is 0. The predicted octanol–water partition coefficient (Wildman–Crippen LogP) is 1.61. The zero-order chi connectivity index (χ0) is 13.7. The summed E-state index contributed by atoms with van der Waals surface area (Å²) in [7, 11) is 0. The number of aryl methyl sites for hydroxylation is 1. The van der Waals surface area contributed by atoms with Gasteiger partial charge in [0.1, 0.15) is 0 Å². The first kappa shape index (κ1) is 13.0. The summed E-state index contributed by atoms with van der Waals surface area (Å²) in [5, 5.41) is 2.84. The number of nitrogens with zero attached hydrogens (tertiary/aromatic N) is 1. The number of aromatic nitrogens is 1. The van der Waals surface area contributed by atoms with Gasteiger partial charge in [-0.2, -0.15) is 0 Å². The minimum Gasteiger partial charge on any atom is -0.348 e. The molecule has 2 rings (SSSR count). The maximum Gasteiger partial charge on any atom is 0.255 e. The monoisotopic (exact) mass is 256 g/mol. The third-order valence-electron chi connectivity index (χ3n) is 2.72. The number of nitrogens with one attached hydrogen (secondary N) is 2. The summed E-state index contributed by atoms with van der Waals surface area (Å²) < 4.78 is 0. The number of hydrogen-bond acceptors (Lipinski definition) is 4. The highest BCUT2D eigenvalue weighted by molar-refractivity contribution is 5.98. The zero-order valence-corrected chi connectivity index (χ0v) is 10.7. The van der Waals surface area contributed by atoms with Crippen molar-refractivity contribution in [3.05, 3.63) is 59.3 Å². The van der Waals surface area contributed by atoms with Crippen LogP contribution in [0.4, 0.5) is 5.82 Å². The lowest BCUT2D eigenvalue weighted by Crippen LogP contribution is -2.25. The van der Waals surface area contributed by atoms with Crippen LogP contribution in [-0.2, 0) is 6.54 Å². The first-order valence-electron chi connectivity index (χ1n) is 5.96. The van der Waals surface area contributed by atoms with Gasteiger partial charge < -0.3 is 10.7 Å². The molecule has 0 aliphatic carbocycles. The van der Waals surface area contributed by atoms with Crippen molar-refractivity contribution >= 4 is 11.7 Å². The van der Waals surface area contributed by atoms with E-state index in [1.54, 1.807) is 18.3 Å². The van der Waals surface area contributed by atoms with E-state index in [0.29, 0.717) is 17.9 Å². The number of hydrogen-bond donors (Lipinski definition) is 3. The second kappa shape index (κ2) is 5.97. The van der Waals surface area contributed by atoms with Gasteiger partial charge in [0.25, 0.3) is 5.91 Å². The molecule has 0 spiro atoms. The van der Waals surface area contributed by atoms with Crippen LogP contribution < -0.4 is 16.6 Å². The van der Waals surface area contributed by atoms with Crippen molar-refractivity contribution in [2.75, 3.05) is 5.43 Å². The highest BCUT2D eigenvalue weighted by Crippen LogP contribution is 2.10. The molecule has 0 saturated carbocycles. The molecule has 2 aromatic rings. The van der Waals surface area contributed by atoms with Crippen LogP contribution in [0.1, 0.15) is 21.5 Å². The highest BCUT2D eigenvalue weighted by Gasteiger charge is 2.10. The Hall–Kier alpha value is -2.40. The van der Waals surface area contributed by atoms with E-state index in [9.17, 15) is 4.79 Å². The number of amides is 1. The van der Waals surface area contributed by atoms with Gasteiger partial charge in [-0.25, -0.2) is 10.8 Å². The molecule has 0 unspecified atom stereocenters. The number of anilines is 1. The molecule has 0 aliphatic heterocycles. The number of rotatable bonds is 4. The average Bonchev–Trinajstić information content (AvgIpc) is 2.45. The summed E-state index contributed by atoms with van der Waals surface area (Å²) in [6, 6.07) is 11.4. The van der Waals surface area contributed by atoms with Gasteiger partial charge in [0.05, 0.1) is 5.56 Å². The normalized spacial score (nSPS) is 10.0. The fourth-order valence-corrected chi connectivity index (χ4v) is 1.80. The van der Waals surface area contributed by atoms with Gasteiger partial charge in [-0.1, -0.05) is 29.8 Å². The molecule has 4 N–H and O–H groups in total. The van der Waals surface area contributed by atoms with E-state index < -0.39 is 0 Å². The lowest BCUT2D eigenvalue weighted by molar-refractivity contribution is 0.0951. The van der Waals surface area contributed by atoms with Crippen molar-refractivity contribution in [1.82, 2.24) is 10.3 Å². The SMILES string of the molecule is Cc1cccc(CNC(=O)c2cccnc2NN)c1. The van der Waals surface area contributed by atoms with Gasteiger partial charge in [-0.3, -0.25) is 4.79 Å². The molecule has 5 nitrogen and oxygen atoms in total. The molecule has 0 fully saturated rings. The number of carbonyl (C=O) groups excluding carboxylic acids is 1. The number of pyridine rings is 1. The van der Waals surface area contributed by atoms with Crippen molar-refractivity contribution in [3.63, 3.8) is 0 Å². The van der Waals surface area contributed by atoms with Crippen LogP contribution in [0.15, 0.2) is 42.6 Å². The summed E-state index contributed by atoms with van der Waals surface area (Å²) in [5.41, 5.74) is 5.06. The number of benzene rings is 1. The van der Waals surface area contributed by atoms with E-state index in [-0.39, 0.29) is 5.91 Å². The molecule has 0 saturated heterocycles. The maximum atomic E-state index is 12.0. The van der Waals surface area contributed by atoms with E-state index in [4.69, 9.17) is 5.84 Å². The first-order chi connectivity index (χ1) is 9.20. The highest BCUT2D eigenvalue weighted by atomic mass is 16.1. The van der Waals surface area contributed by atoms with Gasteiger partial charge >= 0.3 is 0 Å². The van der Waals surface area contributed by atoms with Crippen molar-refractivity contribution in [3.8, 4) is 0 Å². The fourth-order valence-electron chi connectivity index (χ4n) is 1.80. The molecule has 98 valence electrons. The molecule has 1 aromatic heterocycles. The largest absolute Gasteiger partial charge is 0.348 e. The molecule has 5 heteroatoms. The minimum absolute atomic E-state index is 0.206. The standard InChI is InChI=1S/C14H16N4O/c1-10-4-2-5-11(8-10)9-17-14(19)12-6-3-7-16-13(12)18-15/h2-8H,9,15H2,1H3,(H,16,18)(H,17,19). The molecule has 0 bridgehead atoms. The smallest absolute Gasteiger partial charge is 0.255 e. The van der Waals surface area contributed by atoms with Crippen molar-refractivity contribution in [2.45, 2.75) is 13.5 Å². The topological polar surface area (TPSA) is 80.0 Å². The van der Waals surface area contributed by atoms with E-state index in [1.165, 1.54) is 0 Å². The van der Waals surface area contributed by atoms with Crippen LogP contribution in [0.3, 0.4) is 0 Å². The molecule has 1 aromatic carbocycles. The van der Waals surface area contributed by atoms with Gasteiger partial charge in [0, 0.05) is 12.7 Å². The van der Waals surface area contributed by atoms with Crippen molar-refractivity contribution in [1.29, 1.82) is 0 Å². The Morgan fingerprint density at radius 2 is 2.16 bits per heavy atom. The molecule has 19 heavy (non-hydrogen) atoms. The van der Waals surface area contributed by atoms with Crippen LogP contribution in [0.2, 0.25) is 0 Å². The molecule has 1 amide bonds. The Balaban J connectivity index is 2.05. The predicted molar refractivity (Wildman–Crippen MR) is 74.4 cm³/mol. The molecule has 1 heterocycles. The zero-order valence-electron chi connectivity index (χ0n) is 10.7.